The number of carbonyl (C=O) groups excluding carboxylic acids is 2. The molecular formula is C12H16N2O3. The molecule has 0 bridgehead atoms. The van der Waals surface area contributed by atoms with Crippen LogP contribution in [0.15, 0.2) is 18.2 Å². The first-order chi connectivity index (χ1) is 8.00. The highest BCUT2D eigenvalue weighted by Crippen LogP contribution is 2.16. The maximum atomic E-state index is 11.6. The van der Waals surface area contributed by atoms with Gasteiger partial charge in [-0.15, -0.1) is 0 Å². The Bertz CT molecular complexity index is 430. The van der Waals surface area contributed by atoms with Crippen molar-refractivity contribution in [2.75, 3.05) is 6.54 Å². The molecule has 1 aromatic rings. The fraction of sp³-hybridized carbons (Fsp3) is 0.333. The summed E-state index contributed by atoms with van der Waals surface area (Å²) in [6.07, 6.45) is 0.785. The predicted molar refractivity (Wildman–Crippen MR) is 63.6 cm³/mol. The van der Waals surface area contributed by atoms with E-state index in [-0.39, 0.29) is 24.0 Å². The molecule has 2 amide bonds. The van der Waals surface area contributed by atoms with Gasteiger partial charge in [-0.25, -0.2) is 0 Å². The van der Waals surface area contributed by atoms with E-state index < -0.39 is 0 Å². The third-order valence-electron chi connectivity index (χ3n) is 2.34. The van der Waals surface area contributed by atoms with Crippen molar-refractivity contribution >= 4 is 11.8 Å². The van der Waals surface area contributed by atoms with Crippen molar-refractivity contribution in [3.05, 3.63) is 29.3 Å². The van der Waals surface area contributed by atoms with Gasteiger partial charge in [0.05, 0.1) is 0 Å². The molecule has 92 valence electrons. The Morgan fingerprint density at radius 3 is 2.71 bits per heavy atom. The maximum Gasteiger partial charge on any atom is 0.251 e. The fourth-order valence-corrected chi connectivity index (χ4v) is 1.36. The van der Waals surface area contributed by atoms with Crippen molar-refractivity contribution in [1.29, 1.82) is 0 Å². The molecule has 0 aromatic heterocycles. The molecule has 4 N–H and O–H groups in total. The molecule has 0 spiro atoms. The van der Waals surface area contributed by atoms with E-state index in [4.69, 9.17) is 5.73 Å². The second-order valence-electron chi connectivity index (χ2n) is 3.83. The summed E-state index contributed by atoms with van der Waals surface area (Å²) in [7, 11) is 0. The number of primary amides is 1. The van der Waals surface area contributed by atoms with Gasteiger partial charge in [-0.2, -0.15) is 0 Å². The van der Waals surface area contributed by atoms with Crippen LogP contribution in [0.25, 0.3) is 0 Å². The normalized spacial score (nSPS) is 9.94. The zero-order valence-electron chi connectivity index (χ0n) is 9.69. The summed E-state index contributed by atoms with van der Waals surface area (Å²) in [5.41, 5.74) is 6.11. The fourth-order valence-electron chi connectivity index (χ4n) is 1.36. The zero-order chi connectivity index (χ0) is 12.8. The molecule has 0 aliphatic carbocycles. The van der Waals surface area contributed by atoms with Crippen LogP contribution in [-0.4, -0.2) is 23.5 Å². The van der Waals surface area contributed by atoms with Crippen molar-refractivity contribution in [3.63, 3.8) is 0 Å². The second-order valence-corrected chi connectivity index (χ2v) is 3.83. The summed E-state index contributed by atoms with van der Waals surface area (Å²) in [5.74, 6) is -0.437. The van der Waals surface area contributed by atoms with Crippen molar-refractivity contribution in [3.8, 4) is 5.75 Å². The van der Waals surface area contributed by atoms with Gasteiger partial charge < -0.3 is 16.2 Å². The number of phenols is 1. The lowest BCUT2D eigenvalue weighted by Crippen LogP contribution is -2.25. The second kappa shape index (κ2) is 5.89. The van der Waals surface area contributed by atoms with Crippen LogP contribution in [0, 0.1) is 6.92 Å². The standard InChI is InChI=1S/C12H16N2O3/c1-8-7-9(4-5-10(8)15)12(17)14-6-2-3-11(13)16/h4-5,7,15H,2-3,6H2,1H3,(H2,13,16)(H,14,17). The number of benzene rings is 1. The van der Waals surface area contributed by atoms with Gasteiger partial charge in [0, 0.05) is 18.5 Å². The first-order valence-corrected chi connectivity index (χ1v) is 5.37. The summed E-state index contributed by atoms with van der Waals surface area (Å²) in [4.78, 5) is 22.1. The number of aromatic hydroxyl groups is 1. The Hall–Kier alpha value is -2.04. The summed E-state index contributed by atoms with van der Waals surface area (Å²) in [6, 6.07) is 4.64. The number of nitrogens with one attached hydrogen (secondary N) is 1. The average molecular weight is 236 g/mol. The van der Waals surface area contributed by atoms with E-state index >= 15 is 0 Å². The molecule has 5 heteroatoms. The predicted octanol–water partition coefficient (Wildman–Crippen LogP) is 0.696. The quantitative estimate of drug-likeness (QED) is 0.657. The van der Waals surface area contributed by atoms with Gasteiger partial charge in [0.1, 0.15) is 5.75 Å². The molecule has 0 radical (unpaired) electrons. The van der Waals surface area contributed by atoms with E-state index in [1.54, 1.807) is 19.1 Å². The lowest BCUT2D eigenvalue weighted by atomic mass is 10.1. The number of nitrogens with two attached hydrogens (primary N) is 1. The molecule has 17 heavy (non-hydrogen) atoms. The summed E-state index contributed by atoms with van der Waals surface area (Å²) >= 11 is 0. The van der Waals surface area contributed by atoms with Gasteiger partial charge in [0.25, 0.3) is 5.91 Å². The van der Waals surface area contributed by atoms with E-state index in [2.05, 4.69) is 5.32 Å². The van der Waals surface area contributed by atoms with Crippen LogP contribution in [0.5, 0.6) is 5.75 Å². The lowest BCUT2D eigenvalue weighted by molar-refractivity contribution is -0.118. The first kappa shape index (κ1) is 13.0. The largest absolute Gasteiger partial charge is 0.508 e. The smallest absolute Gasteiger partial charge is 0.251 e. The number of hydrogen-bond acceptors (Lipinski definition) is 3. The van der Waals surface area contributed by atoms with Gasteiger partial charge in [0.2, 0.25) is 5.91 Å². The number of phenolic OH excluding ortho intramolecular Hbond substituents is 1. The summed E-state index contributed by atoms with van der Waals surface area (Å²) in [5, 5.41) is 12.0. The molecule has 0 aliphatic rings. The molecule has 0 heterocycles. The number of aryl methyl sites for hydroxylation is 1. The minimum absolute atomic E-state index is 0.162. The lowest BCUT2D eigenvalue weighted by Gasteiger charge is -2.06. The molecular weight excluding hydrogens is 220 g/mol. The average Bonchev–Trinajstić information content (AvgIpc) is 2.27. The number of rotatable bonds is 5. The van der Waals surface area contributed by atoms with Gasteiger partial charge in [0.15, 0.2) is 0 Å². The van der Waals surface area contributed by atoms with Crippen LogP contribution in [0.1, 0.15) is 28.8 Å². The van der Waals surface area contributed by atoms with Crippen molar-refractivity contribution in [1.82, 2.24) is 5.32 Å². The number of amides is 2. The first-order valence-electron chi connectivity index (χ1n) is 5.37. The SMILES string of the molecule is Cc1cc(C(=O)NCCCC(N)=O)ccc1O. The Morgan fingerprint density at radius 2 is 2.12 bits per heavy atom. The van der Waals surface area contributed by atoms with Crippen LogP contribution < -0.4 is 11.1 Å². The monoisotopic (exact) mass is 236 g/mol. The molecule has 5 nitrogen and oxygen atoms in total. The van der Waals surface area contributed by atoms with E-state index in [1.807, 2.05) is 0 Å². The molecule has 0 fully saturated rings. The van der Waals surface area contributed by atoms with Gasteiger partial charge >= 0.3 is 0 Å². The third kappa shape index (κ3) is 4.14. The summed E-state index contributed by atoms with van der Waals surface area (Å²) in [6.45, 7) is 2.13. The molecule has 0 saturated carbocycles. The Balaban J connectivity index is 2.47. The molecule has 0 aliphatic heterocycles. The zero-order valence-corrected chi connectivity index (χ0v) is 9.69. The number of hydrogen-bond donors (Lipinski definition) is 3. The number of carbonyl (C=O) groups is 2. The van der Waals surface area contributed by atoms with Crippen molar-refractivity contribution < 1.29 is 14.7 Å². The summed E-state index contributed by atoms with van der Waals surface area (Å²) < 4.78 is 0. The van der Waals surface area contributed by atoms with E-state index in [1.165, 1.54) is 6.07 Å². The van der Waals surface area contributed by atoms with Crippen molar-refractivity contribution in [2.45, 2.75) is 19.8 Å². The Kier molecular flexibility index (Phi) is 4.51. The van der Waals surface area contributed by atoms with Gasteiger partial charge in [-0.05, 0) is 37.1 Å². The third-order valence-corrected chi connectivity index (χ3v) is 2.34. The van der Waals surface area contributed by atoms with Crippen LogP contribution in [0.4, 0.5) is 0 Å². The van der Waals surface area contributed by atoms with Crippen molar-refractivity contribution in [2.24, 2.45) is 5.73 Å². The van der Waals surface area contributed by atoms with Gasteiger partial charge in [-0.3, -0.25) is 9.59 Å². The van der Waals surface area contributed by atoms with Crippen LogP contribution in [0.3, 0.4) is 0 Å². The molecule has 1 rings (SSSR count). The van der Waals surface area contributed by atoms with E-state index in [0.717, 1.165) is 0 Å². The topological polar surface area (TPSA) is 92.4 Å². The molecule has 0 unspecified atom stereocenters. The van der Waals surface area contributed by atoms with Gasteiger partial charge in [-0.1, -0.05) is 0 Å². The molecule has 0 atom stereocenters. The minimum Gasteiger partial charge on any atom is -0.508 e. The molecule has 0 saturated heterocycles. The van der Waals surface area contributed by atoms with E-state index in [0.29, 0.717) is 24.1 Å². The Morgan fingerprint density at radius 1 is 1.41 bits per heavy atom. The Labute approximate surface area is 99.6 Å². The highest BCUT2D eigenvalue weighted by Gasteiger charge is 2.06. The molecule has 1 aromatic carbocycles. The highest BCUT2D eigenvalue weighted by molar-refractivity contribution is 5.94. The maximum absolute atomic E-state index is 11.6. The van der Waals surface area contributed by atoms with Crippen LogP contribution >= 0.6 is 0 Å². The van der Waals surface area contributed by atoms with Crippen LogP contribution in [-0.2, 0) is 4.79 Å². The van der Waals surface area contributed by atoms with E-state index in [9.17, 15) is 14.7 Å². The minimum atomic E-state index is -0.375. The van der Waals surface area contributed by atoms with Crippen LogP contribution in [0.2, 0.25) is 0 Å². The highest BCUT2D eigenvalue weighted by atomic mass is 16.3.